The van der Waals surface area contributed by atoms with Crippen molar-refractivity contribution in [2.24, 2.45) is 0 Å². The number of nitrogens with one attached hydrogen (secondary N) is 1. The van der Waals surface area contributed by atoms with Crippen molar-refractivity contribution in [2.45, 2.75) is 20.3 Å². The molecule has 0 spiro atoms. The topological polar surface area (TPSA) is 55.1 Å². The highest BCUT2D eigenvalue weighted by atomic mass is 19.1. The summed E-state index contributed by atoms with van der Waals surface area (Å²) in [5.41, 5.74) is 0.866. The van der Waals surface area contributed by atoms with Crippen molar-refractivity contribution in [3.63, 3.8) is 0 Å². The molecule has 100 valence electrons. The quantitative estimate of drug-likeness (QED) is 0.920. The Hall–Kier alpha value is -2.17. The van der Waals surface area contributed by atoms with Crippen LogP contribution in [-0.2, 0) is 6.42 Å². The minimum absolute atomic E-state index is 0.0490. The fourth-order valence-electron chi connectivity index (χ4n) is 1.84. The van der Waals surface area contributed by atoms with E-state index in [1.54, 1.807) is 19.1 Å². The molecule has 1 amide bonds. The van der Waals surface area contributed by atoms with E-state index in [0.717, 1.165) is 11.5 Å². The first kappa shape index (κ1) is 13.3. The van der Waals surface area contributed by atoms with Gasteiger partial charge in [0.1, 0.15) is 11.6 Å². The van der Waals surface area contributed by atoms with Crippen LogP contribution in [-0.4, -0.2) is 17.4 Å². The number of hydrogen-bond acceptors (Lipinski definition) is 3. The zero-order valence-corrected chi connectivity index (χ0v) is 10.9. The second-order valence-corrected chi connectivity index (χ2v) is 4.23. The molecule has 1 aromatic heterocycles. The summed E-state index contributed by atoms with van der Waals surface area (Å²) < 4.78 is 18.8. The second kappa shape index (κ2) is 5.65. The monoisotopic (exact) mass is 262 g/mol. The maximum Gasteiger partial charge on any atom is 0.254 e. The molecule has 1 aromatic carbocycles. The maximum atomic E-state index is 13.4. The van der Waals surface area contributed by atoms with E-state index in [0.29, 0.717) is 18.9 Å². The molecule has 19 heavy (non-hydrogen) atoms. The summed E-state index contributed by atoms with van der Waals surface area (Å²) in [6.45, 7) is 4.00. The number of aromatic nitrogens is 1. The molecule has 5 heteroatoms. The normalized spacial score (nSPS) is 10.5. The summed E-state index contributed by atoms with van der Waals surface area (Å²) in [7, 11) is 0. The highest BCUT2D eigenvalue weighted by Crippen LogP contribution is 2.10. The third-order valence-electron chi connectivity index (χ3n) is 2.76. The van der Waals surface area contributed by atoms with Gasteiger partial charge in [-0.25, -0.2) is 9.37 Å². The molecule has 0 fully saturated rings. The molecule has 0 bridgehead atoms. The van der Waals surface area contributed by atoms with Gasteiger partial charge in [0.05, 0.1) is 11.3 Å². The molecular formula is C14H15FN2O2. The van der Waals surface area contributed by atoms with E-state index in [1.807, 2.05) is 6.92 Å². The van der Waals surface area contributed by atoms with E-state index in [4.69, 9.17) is 4.42 Å². The van der Waals surface area contributed by atoms with Gasteiger partial charge in [-0.15, -0.1) is 0 Å². The van der Waals surface area contributed by atoms with E-state index >= 15 is 0 Å². The number of rotatable bonds is 4. The fourth-order valence-corrected chi connectivity index (χ4v) is 1.84. The van der Waals surface area contributed by atoms with Crippen LogP contribution in [0.2, 0.25) is 0 Å². The van der Waals surface area contributed by atoms with Gasteiger partial charge in [-0.05, 0) is 19.1 Å². The van der Waals surface area contributed by atoms with Crippen LogP contribution in [0.4, 0.5) is 4.39 Å². The summed E-state index contributed by atoms with van der Waals surface area (Å²) in [5.74, 6) is 0.401. The van der Waals surface area contributed by atoms with Crippen molar-refractivity contribution >= 4 is 5.91 Å². The van der Waals surface area contributed by atoms with Gasteiger partial charge in [0.25, 0.3) is 5.91 Å². The lowest BCUT2D eigenvalue weighted by molar-refractivity contribution is 0.0949. The second-order valence-electron chi connectivity index (χ2n) is 4.23. The van der Waals surface area contributed by atoms with Gasteiger partial charge in [0.2, 0.25) is 0 Å². The third-order valence-corrected chi connectivity index (χ3v) is 2.76. The number of hydrogen-bond donors (Lipinski definition) is 1. The Morgan fingerprint density at radius 3 is 2.74 bits per heavy atom. The van der Waals surface area contributed by atoms with Crippen LogP contribution < -0.4 is 5.32 Å². The van der Waals surface area contributed by atoms with Crippen LogP contribution in [0.25, 0.3) is 0 Å². The van der Waals surface area contributed by atoms with Gasteiger partial charge in [0, 0.05) is 19.9 Å². The number of carbonyl (C=O) groups is 1. The Morgan fingerprint density at radius 2 is 2.11 bits per heavy atom. The molecule has 0 aliphatic carbocycles. The molecular weight excluding hydrogens is 247 g/mol. The molecule has 4 nitrogen and oxygen atoms in total. The van der Waals surface area contributed by atoms with Crippen molar-refractivity contribution in [2.75, 3.05) is 6.54 Å². The van der Waals surface area contributed by atoms with Gasteiger partial charge >= 0.3 is 0 Å². The number of amides is 1. The van der Waals surface area contributed by atoms with Crippen molar-refractivity contribution in [3.05, 3.63) is 53.0 Å². The highest BCUT2D eigenvalue weighted by Gasteiger charge is 2.11. The Labute approximate surface area is 110 Å². The van der Waals surface area contributed by atoms with Crippen LogP contribution in [0, 0.1) is 19.7 Å². The van der Waals surface area contributed by atoms with Gasteiger partial charge in [0.15, 0.2) is 5.89 Å². The number of carbonyl (C=O) groups excluding carboxylic acids is 1. The van der Waals surface area contributed by atoms with Crippen LogP contribution in [0.5, 0.6) is 0 Å². The average molecular weight is 262 g/mol. The third kappa shape index (κ3) is 3.19. The Morgan fingerprint density at radius 1 is 1.37 bits per heavy atom. The highest BCUT2D eigenvalue weighted by molar-refractivity contribution is 5.94. The zero-order chi connectivity index (χ0) is 13.8. The van der Waals surface area contributed by atoms with Gasteiger partial charge in [-0.1, -0.05) is 12.1 Å². The summed E-state index contributed by atoms with van der Waals surface area (Å²) in [6, 6.07) is 5.89. The minimum atomic E-state index is -0.522. The van der Waals surface area contributed by atoms with Crippen LogP contribution in [0.15, 0.2) is 28.7 Å². The number of oxazole rings is 1. The van der Waals surface area contributed by atoms with Crippen LogP contribution >= 0.6 is 0 Å². The predicted octanol–water partition coefficient (Wildman–Crippen LogP) is 2.40. The van der Waals surface area contributed by atoms with Crippen LogP contribution in [0.1, 0.15) is 27.7 Å². The molecule has 2 aromatic rings. The molecule has 2 rings (SSSR count). The predicted molar refractivity (Wildman–Crippen MR) is 68.4 cm³/mol. The van der Waals surface area contributed by atoms with Crippen molar-refractivity contribution in [1.82, 2.24) is 10.3 Å². The smallest absolute Gasteiger partial charge is 0.254 e. The number of halogens is 1. The molecule has 0 aliphatic heterocycles. The van der Waals surface area contributed by atoms with Crippen molar-refractivity contribution in [3.8, 4) is 0 Å². The van der Waals surface area contributed by atoms with Crippen molar-refractivity contribution < 1.29 is 13.6 Å². The standard InChI is InChI=1S/C14H15FN2O2/c1-9-13(19-10(2)17-9)7-8-16-14(18)11-5-3-4-6-12(11)15/h3-6H,7-8H2,1-2H3,(H,16,18). The van der Waals surface area contributed by atoms with E-state index in [2.05, 4.69) is 10.3 Å². The Kier molecular flexibility index (Phi) is 3.94. The summed E-state index contributed by atoms with van der Waals surface area (Å²) in [6.07, 6.45) is 0.535. The Bertz CT molecular complexity index is 593. The molecule has 1 heterocycles. The van der Waals surface area contributed by atoms with Gasteiger partial charge in [-0.2, -0.15) is 0 Å². The average Bonchev–Trinajstić information content (AvgIpc) is 2.68. The van der Waals surface area contributed by atoms with E-state index < -0.39 is 11.7 Å². The lowest BCUT2D eigenvalue weighted by atomic mass is 10.2. The first-order chi connectivity index (χ1) is 9.08. The van der Waals surface area contributed by atoms with E-state index in [1.165, 1.54) is 12.1 Å². The Balaban J connectivity index is 1.91. The molecule has 0 saturated carbocycles. The number of aryl methyl sites for hydroxylation is 2. The molecule has 0 aliphatic rings. The molecule has 0 radical (unpaired) electrons. The van der Waals surface area contributed by atoms with Crippen molar-refractivity contribution in [1.29, 1.82) is 0 Å². The fraction of sp³-hybridized carbons (Fsp3) is 0.286. The largest absolute Gasteiger partial charge is 0.446 e. The SMILES string of the molecule is Cc1nc(C)c(CCNC(=O)c2ccccc2F)o1. The lowest BCUT2D eigenvalue weighted by Gasteiger charge is -2.05. The molecule has 1 N–H and O–H groups in total. The summed E-state index contributed by atoms with van der Waals surface area (Å²) in [5, 5.41) is 2.66. The van der Waals surface area contributed by atoms with E-state index in [9.17, 15) is 9.18 Å². The van der Waals surface area contributed by atoms with E-state index in [-0.39, 0.29) is 5.56 Å². The first-order valence-corrected chi connectivity index (χ1v) is 6.03. The zero-order valence-electron chi connectivity index (χ0n) is 10.9. The minimum Gasteiger partial charge on any atom is -0.446 e. The summed E-state index contributed by atoms with van der Waals surface area (Å²) >= 11 is 0. The summed E-state index contributed by atoms with van der Waals surface area (Å²) in [4.78, 5) is 15.9. The molecule has 0 unspecified atom stereocenters. The number of benzene rings is 1. The number of nitrogens with zero attached hydrogens (tertiary/aromatic N) is 1. The maximum absolute atomic E-state index is 13.4. The van der Waals surface area contributed by atoms with Gasteiger partial charge < -0.3 is 9.73 Å². The van der Waals surface area contributed by atoms with Gasteiger partial charge in [-0.3, -0.25) is 4.79 Å². The lowest BCUT2D eigenvalue weighted by Crippen LogP contribution is -2.26. The molecule has 0 atom stereocenters. The van der Waals surface area contributed by atoms with Crippen LogP contribution in [0.3, 0.4) is 0 Å². The first-order valence-electron chi connectivity index (χ1n) is 6.03. The molecule has 0 saturated heterocycles.